The van der Waals surface area contributed by atoms with Crippen molar-refractivity contribution >= 4 is 29.2 Å². The minimum atomic E-state index is -0.868. The van der Waals surface area contributed by atoms with E-state index < -0.39 is 17.5 Å². The van der Waals surface area contributed by atoms with E-state index in [1.165, 1.54) is 16.9 Å². The number of aryl methyl sites for hydroxylation is 1. The third-order valence-electron chi connectivity index (χ3n) is 6.02. The second-order valence-electron chi connectivity index (χ2n) is 8.11. The van der Waals surface area contributed by atoms with E-state index in [9.17, 15) is 14.4 Å². The lowest BCUT2D eigenvalue weighted by Gasteiger charge is -2.36. The molecule has 7 nitrogen and oxygen atoms in total. The van der Waals surface area contributed by atoms with Crippen LogP contribution in [0.25, 0.3) is 10.6 Å². The lowest BCUT2D eigenvalue weighted by atomic mass is 9.73. The average Bonchev–Trinajstić information content (AvgIpc) is 3.29. The maximum absolute atomic E-state index is 12.9. The van der Waals surface area contributed by atoms with Crippen molar-refractivity contribution in [3.05, 3.63) is 40.9 Å². The van der Waals surface area contributed by atoms with E-state index in [2.05, 4.69) is 10.3 Å². The van der Waals surface area contributed by atoms with E-state index in [1.54, 1.807) is 0 Å². The molecule has 2 aliphatic rings. The molecule has 1 saturated heterocycles. The van der Waals surface area contributed by atoms with Crippen molar-refractivity contribution in [2.45, 2.75) is 51.7 Å². The molecule has 2 fully saturated rings. The molecule has 3 amide bonds. The summed E-state index contributed by atoms with van der Waals surface area (Å²) in [5.74, 6) is -0.880. The summed E-state index contributed by atoms with van der Waals surface area (Å²) >= 11 is 1.48. The average molecular weight is 428 g/mol. The monoisotopic (exact) mass is 427 g/mol. The minimum Gasteiger partial charge on any atom is -0.458 e. The molecule has 30 heavy (non-hydrogen) atoms. The summed E-state index contributed by atoms with van der Waals surface area (Å²) in [4.78, 5) is 43.1. The van der Waals surface area contributed by atoms with Gasteiger partial charge in [-0.05, 0) is 25.7 Å². The van der Waals surface area contributed by atoms with Crippen LogP contribution in [0.4, 0.5) is 4.79 Å². The Labute approximate surface area is 179 Å². The highest BCUT2D eigenvalue weighted by Gasteiger charge is 2.55. The van der Waals surface area contributed by atoms with Crippen LogP contribution >= 0.6 is 11.3 Å². The van der Waals surface area contributed by atoms with Crippen molar-refractivity contribution < 1.29 is 19.1 Å². The summed E-state index contributed by atoms with van der Waals surface area (Å²) in [5.41, 5.74) is 1.95. The van der Waals surface area contributed by atoms with Gasteiger partial charge in [0.1, 0.15) is 23.7 Å². The number of hydrogen-bond acceptors (Lipinski definition) is 6. The number of urea groups is 1. The fraction of sp³-hybridized carbons (Fsp3) is 0.455. The van der Waals surface area contributed by atoms with Crippen molar-refractivity contribution in [1.82, 2.24) is 15.2 Å². The molecule has 1 spiro atoms. The number of hydrogen-bond donors (Lipinski definition) is 1. The molecule has 2 heterocycles. The van der Waals surface area contributed by atoms with Crippen LogP contribution in [-0.4, -0.2) is 39.9 Å². The molecule has 4 rings (SSSR count). The van der Waals surface area contributed by atoms with Crippen molar-refractivity contribution in [2.24, 2.45) is 5.92 Å². The zero-order valence-corrected chi connectivity index (χ0v) is 18.0. The molecule has 1 aliphatic heterocycles. The van der Waals surface area contributed by atoms with Crippen molar-refractivity contribution in [2.75, 3.05) is 6.54 Å². The zero-order valence-electron chi connectivity index (χ0n) is 17.1. The SMILES string of the molecule is Cc1ccc(-c2nc(COC(=O)CN3C(=O)N[C@]4(CCCC[C@H]4C)C3=O)cs2)cc1. The Bertz CT molecular complexity index is 971. The van der Waals surface area contributed by atoms with Crippen LogP contribution in [0.15, 0.2) is 29.6 Å². The molecular formula is C22H25N3O4S. The number of imide groups is 1. The fourth-order valence-electron chi connectivity index (χ4n) is 4.17. The van der Waals surface area contributed by atoms with Gasteiger partial charge in [-0.2, -0.15) is 0 Å². The van der Waals surface area contributed by atoms with Gasteiger partial charge in [-0.1, -0.05) is 49.6 Å². The zero-order chi connectivity index (χ0) is 21.3. The van der Waals surface area contributed by atoms with Gasteiger partial charge in [-0.25, -0.2) is 9.78 Å². The Morgan fingerprint density at radius 3 is 2.80 bits per heavy atom. The number of amides is 3. The molecule has 0 bridgehead atoms. The number of carbonyl (C=O) groups is 3. The van der Waals surface area contributed by atoms with Crippen LogP contribution in [0.3, 0.4) is 0 Å². The van der Waals surface area contributed by atoms with E-state index in [-0.39, 0.29) is 25.0 Å². The number of ether oxygens (including phenoxy) is 1. The van der Waals surface area contributed by atoms with Gasteiger partial charge >= 0.3 is 12.0 Å². The van der Waals surface area contributed by atoms with Crippen LogP contribution in [0.2, 0.25) is 0 Å². The van der Waals surface area contributed by atoms with E-state index in [4.69, 9.17) is 4.74 Å². The van der Waals surface area contributed by atoms with E-state index in [1.807, 2.05) is 43.5 Å². The lowest BCUT2D eigenvalue weighted by Crippen LogP contribution is -2.54. The van der Waals surface area contributed by atoms with Crippen LogP contribution in [0.1, 0.15) is 43.9 Å². The molecule has 1 aromatic heterocycles. The molecule has 8 heteroatoms. The second kappa shape index (κ2) is 8.18. The van der Waals surface area contributed by atoms with Crippen LogP contribution in [-0.2, 0) is 20.9 Å². The van der Waals surface area contributed by atoms with Crippen LogP contribution in [0, 0.1) is 12.8 Å². The second-order valence-corrected chi connectivity index (χ2v) is 8.97. The Balaban J connectivity index is 1.35. The van der Waals surface area contributed by atoms with Gasteiger partial charge in [0, 0.05) is 10.9 Å². The third kappa shape index (κ3) is 3.84. The minimum absolute atomic E-state index is 0.00634. The first kappa shape index (κ1) is 20.5. The largest absolute Gasteiger partial charge is 0.458 e. The first-order valence-corrected chi connectivity index (χ1v) is 11.1. The Morgan fingerprint density at radius 1 is 1.30 bits per heavy atom. The number of thiazole rings is 1. The van der Waals surface area contributed by atoms with Gasteiger partial charge < -0.3 is 10.1 Å². The molecular weight excluding hydrogens is 402 g/mol. The Kier molecular flexibility index (Phi) is 5.60. The standard InChI is InChI=1S/C22H25N3O4S/c1-14-6-8-16(9-7-14)19-23-17(13-30-19)12-29-18(26)11-25-20(27)22(24-21(25)28)10-4-3-5-15(22)2/h6-9,13,15H,3-5,10-12H2,1-2H3,(H,24,28)/t15-,22+/m1/s1. The number of aromatic nitrogens is 1. The van der Waals surface area contributed by atoms with Gasteiger partial charge in [0.15, 0.2) is 0 Å². The number of benzene rings is 1. The summed E-state index contributed by atoms with van der Waals surface area (Å²) in [6, 6.07) is 7.54. The van der Waals surface area contributed by atoms with Crippen molar-refractivity contribution in [3.8, 4) is 10.6 Å². The van der Waals surface area contributed by atoms with Gasteiger partial charge in [0.05, 0.1) is 5.69 Å². The predicted octanol–water partition coefficient (Wildman–Crippen LogP) is 3.66. The maximum Gasteiger partial charge on any atom is 0.326 e. The van der Waals surface area contributed by atoms with Gasteiger partial charge in [0.25, 0.3) is 5.91 Å². The predicted molar refractivity (Wildman–Crippen MR) is 113 cm³/mol. The highest BCUT2D eigenvalue weighted by atomic mass is 32.1. The number of carbonyl (C=O) groups excluding carboxylic acids is 3. The maximum atomic E-state index is 12.9. The Hall–Kier alpha value is -2.74. The number of nitrogens with one attached hydrogen (secondary N) is 1. The molecule has 1 saturated carbocycles. The highest BCUT2D eigenvalue weighted by Crippen LogP contribution is 2.38. The van der Waals surface area contributed by atoms with Crippen LogP contribution < -0.4 is 5.32 Å². The molecule has 2 atom stereocenters. The van der Waals surface area contributed by atoms with Crippen LogP contribution in [0.5, 0.6) is 0 Å². The normalized spacial score (nSPS) is 23.7. The summed E-state index contributed by atoms with van der Waals surface area (Å²) in [6.45, 7) is 3.63. The first-order chi connectivity index (χ1) is 14.4. The molecule has 2 aromatic rings. The molecule has 1 N–H and O–H groups in total. The summed E-state index contributed by atoms with van der Waals surface area (Å²) in [7, 11) is 0. The Morgan fingerprint density at radius 2 is 2.07 bits per heavy atom. The smallest absolute Gasteiger partial charge is 0.326 e. The van der Waals surface area contributed by atoms with Gasteiger partial charge in [0.2, 0.25) is 0 Å². The summed E-state index contributed by atoms with van der Waals surface area (Å²) < 4.78 is 5.29. The van der Waals surface area contributed by atoms with E-state index >= 15 is 0 Å². The van der Waals surface area contributed by atoms with E-state index in [0.29, 0.717) is 12.1 Å². The van der Waals surface area contributed by atoms with Crippen molar-refractivity contribution in [1.29, 1.82) is 0 Å². The van der Waals surface area contributed by atoms with E-state index in [0.717, 1.165) is 34.7 Å². The third-order valence-corrected chi connectivity index (χ3v) is 6.96. The summed E-state index contributed by atoms with van der Waals surface area (Å²) in [5, 5.41) is 5.53. The molecule has 0 radical (unpaired) electrons. The number of esters is 1. The molecule has 0 unspecified atom stereocenters. The van der Waals surface area contributed by atoms with Gasteiger partial charge in [-0.3, -0.25) is 14.5 Å². The van der Waals surface area contributed by atoms with Crippen molar-refractivity contribution in [3.63, 3.8) is 0 Å². The first-order valence-electron chi connectivity index (χ1n) is 10.2. The number of rotatable bonds is 5. The highest BCUT2D eigenvalue weighted by molar-refractivity contribution is 7.13. The fourth-order valence-corrected chi connectivity index (χ4v) is 4.98. The van der Waals surface area contributed by atoms with Gasteiger partial charge in [-0.15, -0.1) is 11.3 Å². The quantitative estimate of drug-likeness (QED) is 0.581. The lowest BCUT2D eigenvalue weighted by molar-refractivity contribution is -0.149. The molecule has 158 valence electrons. The topological polar surface area (TPSA) is 88.6 Å². The number of nitrogens with zero attached hydrogens (tertiary/aromatic N) is 2. The molecule has 1 aromatic carbocycles. The summed E-state index contributed by atoms with van der Waals surface area (Å²) in [6.07, 6.45) is 3.44. The molecule has 1 aliphatic carbocycles.